The normalized spacial score (nSPS) is 18.2. The van der Waals surface area contributed by atoms with Crippen LogP contribution in [0.15, 0.2) is 23.5 Å². The number of hydrogen-bond donors (Lipinski definition) is 1. The van der Waals surface area contributed by atoms with Gasteiger partial charge in [0.1, 0.15) is 11.3 Å². The van der Waals surface area contributed by atoms with Crippen LogP contribution < -0.4 is 0 Å². The molecule has 1 N–H and O–H groups in total. The molecule has 0 unspecified atom stereocenters. The van der Waals surface area contributed by atoms with E-state index in [1.165, 1.54) is 6.08 Å². The predicted octanol–water partition coefficient (Wildman–Crippen LogP) is 1.63. The number of aliphatic carboxylic acids is 1. The third kappa shape index (κ3) is 2.45. The van der Waals surface area contributed by atoms with Crippen LogP contribution in [0.2, 0.25) is 0 Å². The molecule has 0 amide bonds. The lowest BCUT2D eigenvalue weighted by Crippen LogP contribution is -2.08. The quantitative estimate of drug-likeness (QED) is 0.421. The number of carboxylic acids is 1. The van der Waals surface area contributed by atoms with E-state index in [1.807, 2.05) is 0 Å². The van der Waals surface area contributed by atoms with Gasteiger partial charge in [-0.05, 0) is 18.9 Å². The van der Waals surface area contributed by atoms with Crippen molar-refractivity contribution in [3.05, 3.63) is 23.5 Å². The molecular weight excluding hydrogens is 184 g/mol. The van der Waals surface area contributed by atoms with Crippen molar-refractivity contribution in [3.63, 3.8) is 0 Å². The zero-order valence-corrected chi connectivity index (χ0v) is 7.95. The first-order chi connectivity index (χ1) is 6.65. The Morgan fingerprint density at radius 2 is 2.36 bits per heavy atom. The summed E-state index contributed by atoms with van der Waals surface area (Å²) in [6.45, 7) is 2.05. The van der Waals surface area contributed by atoms with E-state index in [0.717, 1.165) is 19.3 Å². The van der Waals surface area contributed by atoms with Crippen LogP contribution in [-0.4, -0.2) is 17.0 Å². The maximum absolute atomic E-state index is 10.9. The summed E-state index contributed by atoms with van der Waals surface area (Å²) < 4.78 is 4.73. The molecule has 0 aliphatic carbocycles. The van der Waals surface area contributed by atoms with E-state index in [-0.39, 0.29) is 5.57 Å². The zero-order valence-electron chi connectivity index (χ0n) is 7.95. The van der Waals surface area contributed by atoms with E-state index >= 15 is 0 Å². The fourth-order valence-electron chi connectivity index (χ4n) is 1.09. The standard InChI is InChI=1S/C10H12O4/c1-2-3-4-5-7-6-8(9(11)12)10(13)14-7/h5-6H,2-4H2,1H3,(H,11,12)/b7-5+. The minimum Gasteiger partial charge on any atom is -0.477 e. The Hall–Kier alpha value is -1.58. The number of carbonyl (C=O) groups is 2. The Bertz CT molecular complexity index is 312. The molecule has 0 saturated carbocycles. The molecule has 14 heavy (non-hydrogen) atoms. The molecule has 0 saturated heterocycles. The summed E-state index contributed by atoms with van der Waals surface area (Å²) in [4.78, 5) is 21.4. The average molecular weight is 196 g/mol. The number of hydrogen-bond acceptors (Lipinski definition) is 3. The molecule has 0 radical (unpaired) electrons. The minimum atomic E-state index is -1.24. The number of esters is 1. The van der Waals surface area contributed by atoms with Crippen LogP contribution in [0.1, 0.15) is 26.2 Å². The van der Waals surface area contributed by atoms with Crippen molar-refractivity contribution in [1.29, 1.82) is 0 Å². The number of ether oxygens (including phenoxy) is 1. The molecule has 0 atom stereocenters. The summed E-state index contributed by atoms with van der Waals surface area (Å²) in [7, 11) is 0. The van der Waals surface area contributed by atoms with Gasteiger partial charge in [-0.2, -0.15) is 0 Å². The van der Waals surface area contributed by atoms with Crippen molar-refractivity contribution in [2.75, 3.05) is 0 Å². The number of cyclic esters (lactones) is 1. The second-order valence-corrected chi connectivity index (χ2v) is 3.00. The van der Waals surface area contributed by atoms with Gasteiger partial charge >= 0.3 is 11.9 Å². The number of unbranched alkanes of at least 4 members (excludes halogenated alkanes) is 2. The van der Waals surface area contributed by atoms with Crippen LogP contribution in [0.4, 0.5) is 0 Å². The summed E-state index contributed by atoms with van der Waals surface area (Å²) >= 11 is 0. The van der Waals surface area contributed by atoms with Crippen LogP contribution in [-0.2, 0) is 14.3 Å². The topological polar surface area (TPSA) is 63.6 Å². The molecule has 0 fully saturated rings. The highest BCUT2D eigenvalue weighted by atomic mass is 16.5. The Kier molecular flexibility index (Phi) is 3.45. The molecule has 0 aromatic carbocycles. The summed E-state index contributed by atoms with van der Waals surface area (Å²) in [5.74, 6) is -1.67. The molecule has 0 aromatic heterocycles. The van der Waals surface area contributed by atoms with Crippen LogP contribution in [0.25, 0.3) is 0 Å². The van der Waals surface area contributed by atoms with Gasteiger partial charge < -0.3 is 9.84 Å². The molecule has 0 spiro atoms. The molecule has 1 heterocycles. The fourth-order valence-corrected chi connectivity index (χ4v) is 1.09. The largest absolute Gasteiger partial charge is 0.477 e. The van der Waals surface area contributed by atoms with E-state index in [4.69, 9.17) is 9.84 Å². The van der Waals surface area contributed by atoms with Crippen molar-refractivity contribution in [1.82, 2.24) is 0 Å². The van der Waals surface area contributed by atoms with Crippen LogP contribution in [0.3, 0.4) is 0 Å². The Morgan fingerprint density at radius 1 is 1.64 bits per heavy atom. The molecular formula is C10H12O4. The van der Waals surface area contributed by atoms with E-state index in [9.17, 15) is 9.59 Å². The number of rotatable bonds is 4. The van der Waals surface area contributed by atoms with Gasteiger partial charge in [0.15, 0.2) is 0 Å². The molecule has 1 aliphatic heterocycles. The Balaban J connectivity index is 2.64. The van der Waals surface area contributed by atoms with Crippen molar-refractivity contribution in [2.24, 2.45) is 0 Å². The summed E-state index contributed by atoms with van der Waals surface area (Å²) in [5.41, 5.74) is -0.298. The first-order valence-electron chi connectivity index (χ1n) is 4.52. The second-order valence-electron chi connectivity index (χ2n) is 3.00. The average Bonchev–Trinajstić information content (AvgIpc) is 2.47. The smallest absolute Gasteiger partial charge is 0.351 e. The van der Waals surface area contributed by atoms with Gasteiger partial charge in [-0.3, -0.25) is 0 Å². The lowest BCUT2D eigenvalue weighted by molar-refractivity contribution is -0.139. The van der Waals surface area contributed by atoms with Crippen LogP contribution in [0, 0.1) is 0 Å². The van der Waals surface area contributed by atoms with E-state index < -0.39 is 11.9 Å². The van der Waals surface area contributed by atoms with Crippen LogP contribution in [0.5, 0.6) is 0 Å². The Labute approximate surface area is 81.9 Å². The number of allylic oxidation sites excluding steroid dienone is 2. The maximum Gasteiger partial charge on any atom is 0.351 e. The minimum absolute atomic E-state index is 0.298. The highest BCUT2D eigenvalue weighted by Gasteiger charge is 2.26. The molecule has 1 aliphatic rings. The molecule has 4 nitrogen and oxygen atoms in total. The number of carbonyl (C=O) groups excluding carboxylic acids is 1. The first kappa shape index (κ1) is 10.5. The predicted molar refractivity (Wildman–Crippen MR) is 49.4 cm³/mol. The fraction of sp³-hybridized carbons (Fsp3) is 0.400. The number of carboxylic acid groups (broad SMARTS) is 1. The van der Waals surface area contributed by atoms with E-state index in [2.05, 4.69) is 6.92 Å². The van der Waals surface area contributed by atoms with Gasteiger partial charge in [0.2, 0.25) is 0 Å². The third-order valence-corrected chi connectivity index (χ3v) is 1.85. The van der Waals surface area contributed by atoms with Gasteiger partial charge in [0.05, 0.1) is 0 Å². The van der Waals surface area contributed by atoms with Gasteiger partial charge in [0, 0.05) is 6.08 Å². The lowest BCUT2D eigenvalue weighted by atomic mass is 10.2. The second kappa shape index (κ2) is 4.60. The van der Waals surface area contributed by atoms with Gasteiger partial charge in [-0.15, -0.1) is 0 Å². The maximum atomic E-state index is 10.9. The molecule has 76 valence electrons. The molecule has 1 rings (SSSR count). The van der Waals surface area contributed by atoms with Crippen molar-refractivity contribution in [3.8, 4) is 0 Å². The third-order valence-electron chi connectivity index (χ3n) is 1.85. The van der Waals surface area contributed by atoms with E-state index in [0.29, 0.717) is 5.76 Å². The molecule has 0 aromatic rings. The SMILES string of the molecule is CCCC/C=C1\C=C(C(=O)O)C(=O)O1. The molecule has 4 heteroatoms. The van der Waals surface area contributed by atoms with Gasteiger partial charge in [-0.25, -0.2) is 9.59 Å². The molecule has 0 bridgehead atoms. The van der Waals surface area contributed by atoms with Crippen molar-refractivity contribution < 1.29 is 19.4 Å². The summed E-state index contributed by atoms with van der Waals surface area (Å²) in [6, 6.07) is 0. The summed E-state index contributed by atoms with van der Waals surface area (Å²) in [5, 5.41) is 8.58. The van der Waals surface area contributed by atoms with Gasteiger partial charge in [-0.1, -0.05) is 13.3 Å². The van der Waals surface area contributed by atoms with Crippen molar-refractivity contribution in [2.45, 2.75) is 26.2 Å². The van der Waals surface area contributed by atoms with Crippen LogP contribution >= 0.6 is 0 Å². The first-order valence-corrected chi connectivity index (χ1v) is 4.52. The van der Waals surface area contributed by atoms with Gasteiger partial charge in [0.25, 0.3) is 0 Å². The zero-order chi connectivity index (χ0) is 10.6. The van der Waals surface area contributed by atoms with Crippen molar-refractivity contribution >= 4 is 11.9 Å². The highest BCUT2D eigenvalue weighted by Crippen LogP contribution is 2.17. The lowest BCUT2D eigenvalue weighted by Gasteiger charge is -1.94. The highest BCUT2D eigenvalue weighted by molar-refractivity contribution is 6.15. The monoisotopic (exact) mass is 196 g/mol. The summed E-state index contributed by atoms with van der Waals surface area (Å²) in [6.07, 6.45) is 5.84. The van der Waals surface area contributed by atoms with E-state index in [1.54, 1.807) is 6.08 Å². The Morgan fingerprint density at radius 3 is 2.86 bits per heavy atom.